The highest BCUT2D eigenvalue weighted by Crippen LogP contribution is 2.36. The van der Waals surface area contributed by atoms with E-state index in [1.54, 1.807) is 15.9 Å². The Labute approximate surface area is 142 Å². The summed E-state index contributed by atoms with van der Waals surface area (Å²) in [4.78, 5) is 16.2. The van der Waals surface area contributed by atoms with Crippen molar-refractivity contribution < 1.29 is 13.2 Å². The van der Waals surface area contributed by atoms with E-state index < -0.39 is 9.84 Å². The van der Waals surface area contributed by atoms with E-state index >= 15 is 0 Å². The number of nitrogens with zero attached hydrogens (tertiary/aromatic N) is 2. The molecule has 1 aromatic carbocycles. The van der Waals surface area contributed by atoms with Crippen LogP contribution in [0.25, 0.3) is 0 Å². The van der Waals surface area contributed by atoms with Crippen LogP contribution in [0, 0.1) is 6.92 Å². The number of amides is 2. The monoisotopic (exact) mass is 356 g/mol. The second-order valence-electron chi connectivity index (χ2n) is 6.34. The molecular weight excluding hydrogens is 336 g/mol. The normalized spacial score (nSPS) is 26.0. The van der Waals surface area contributed by atoms with E-state index in [1.165, 1.54) is 0 Å². The van der Waals surface area contributed by atoms with E-state index in [0.29, 0.717) is 17.3 Å². The highest BCUT2D eigenvalue weighted by atomic mass is 35.5. The van der Waals surface area contributed by atoms with Crippen molar-refractivity contribution >= 4 is 33.2 Å². The highest BCUT2D eigenvalue weighted by Gasteiger charge is 2.53. The summed E-state index contributed by atoms with van der Waals surface area (Å²) in [6, 6.07) is 4.77. The Balaban J connectivity index is 1.98. The smallest absolute Gasteiger partial charge is 0.318 e. The number of rotatable bonds is 4. The van der Waals surface area contributed by atoms with Crippen LogP contribution in [0.5, 0.6) is 0 Å². The SMILES string of the molecule is CCCCN1C(=O)N(c2ccc(C)c(Cl)c2)[C@H]2CS(=O)(=O)C[C@H]21. The van der Waals surface area contributed by atoms with E-state index in [-0.39, 0.29) is 29.6 Å². The van der Waals surface area contributed by atoms with Gasteiger partial charge in [0.1, 0.15) is 0 Å². The van der Waals surface area contributed by atoms with Crippen LogP contribution in [0.4, 0.5) is 10.5 Å². The maximum absolute atomic E-state index is 12.8. The average Bonchev–Trinajstić information content (AvgIpc) is 2.90. The third-order valence-corrected chi connectivity index (χ3v) is 6.77. The van der Waals surface area contributed by atoms with Gasteiger partial charge in [0, 0.05) is 17.3 Å². The summed E-state index contributed by atoms with van der Waals surface area (Å²) >= 11 is 6.19. The maximum atomic E-state index is 12.8. The predicted octanol–water partition coefficient (Wildman–Crippen LogP) is 2.86. The van der Waals surface area contributed by atoms with Gasteiger partial charge in [-0.25, -0.2) is 13.2 Å². The van der Waals surface area contributed by atoms with Crippen molar-refractivity contribution in [1.29, 1.82) is 0 Å². The van der Waals surface area contributed by atoms with Crippen LogP contribution in [-0.4, -0.2) is 49.5 Å². The van der Waals surface area contributed by atoms with E-state index in [4.69, 9.17) is 11.6 Å². The lowest BCUT2D eigenvalue weighted by Crippen LogP contribution is -2.38. The number of fused-ring (bicyclic) bond motifs is 1. The summed E-state index contributed by atoms with van der Waals surface area (Å²) in [5, 5.41) is 0.583. The lowest BCUT2D eigenvalue weighted by molar-refractivity contribution is 0.208. The molecule has 0 bridgehead atoms. The fourth-order valence-electron chi connectivity index (χ4n) is 3.40. The van der Waals surface area contributed by atoms with Crippen LogP contribution < -0.4 is 4.90 Å². The van der Waals surface area contributed by atoms with Crippen molar-refractivity contribution in [3.05, 3.63) is 28.8 Å². The number of halogens is 1. The molecule has 0 saturated carbocycles. The zero-order valence-electron chi connectivity index (χ0n) is 13.3. The molecule has 0 unspecified atom stereocenters. The summed E-state index contributed by atoms with van der Waals surface area (Å²) in [5.74, 6) is 0.0841. The lowest BCUT2D eigenvalue weighted by Gasteiger charge is -2.23. The maximum Gasteiger partial charge on any atom is 0.325 e. The van der Waals surface area contributed by atoms with Gasteiger partial charge in [0.05, 0.1) is 23.6 Å². The number of urea groups is 1. The molecule has 2 heterocycles. The van der Waals surface area contributed by atoms with Gasteiger partial charge >= 0.3 is 6.03 Å². The first-order valence-electron chi connectivity index (χ1n) is 7.90. The zero-order chi connectivity index (χ0) is 16.8. The summed E-state index contributed by atoms with van der Waals surface area (Å²) in [6.45, 7) is 4.55. The second kappa shape index (κ2) is 5.98. The summed E-state index contributed by atoms with van der Waals surface area (Å²) in [5.41, 5.74) is 1.61. The molecule has 0 aromatic heterocycles. The highest BCUT2D eigenvalue weighted by molar-refractivity contribution is 7.91. The summed E-state index contributed by atoms with van der Waals surface area (Å²) in [6.07, 6.45) is 1.84. The van der Waals surface area contributed by atoms with Gasteiger partial charge in [-0.05, 0) is 31.0 Å². The molecule has 0 N–H and O–H groups in total. The van der Waals surface area contributed by atoms with Crippen molar-refractivity contribution in [1.82, 2.24) is 4.90 Å². The van der Waals surface area contributed by atoms with Crippen LogP contribution in [0.3, 0.4) is 0 Å². The number of hydrogen-bond donors (Lipinski definition) is 0. The Bertz CT molecular complexity index is 735. The van der Waals surface area contributed by atoms with Gasteiger partial charge in [-0.2, -0.15) is 0 Å². The topological polar surface area (TPSA) is 57.7 Å². The van der Waals surface area contributed by atoms with Crippen molar-refractivity contribution in [2.24, 2.45) is 0 Å². The molecule has 126 valence electrons. The van der Waals surface area contributed by atoms with Gasteiger partial charge in [-0.15, -0.1) is 0 Å². The van der Waals surface area contributed by atoms with Crippen LogP contribution in [-0.2, 0) is 9.84 Å². The minimum Gasteiger partial charge on any atom is -0.318 e. The average molecular weight is 357 g/mol. The summed E-state index contributed by atoms with van der Waals surface area (Å²) < 4.78 is 24.2. The first-order chi connectivity index (χ1) is 10.8. The summed E-state index contributed by atoms with van der Waals surface area (Å²) in [7, 11) is -3.11. The van der Waals surface area contributed by atoms with Gasteiger partial charge < -0.3 is 4.90 Å². The quantitative estimate of drug-likeness (QED) is 0.779. The molecular formula is C16H21ClN2O3S. The second-order valence-corrected chi connectivity index (χ2v) is 8.91. The molecule has 2 aliphatic rings. The van der Waals surface area contributed by atoms with Crippen LogP contribution in [0.15, 0.2) is 18.2 Å². The molecule has 2 fully saturated rings. The minimum atomic E-state index is -3.11. The molecule has 7 heteroatoms. The van der Waals surface area contributed by atoms with Crippen LogP contribution in [0.2, 0.25) is 5.02 Å². The first kappa shape index (κ1) is 16.6. The number of carbonyl (C=O) groups is 1. The van der Waals surface area contributed by atoms with Crippen molar-refractivity contribution in [3.8, 4) is 0 Å². The molecule has 2 atom stereocenters. The molecule has 0 aliphatic carbocycles. The van der Waals surface area contributed by atoms with E-state index in [9.17, 15) is 13.2 Å². The lowest BCUT2D eigenvalue weighted by atomic mass is 10.1. The molecule has 3 rings (SSSR count). The van der Waals surface area contributed by atoms with Crippen molar-refractivity contribution in [2.45, 2.75) is 38.8 Å². The fraction of sp³-hybridized carbons (Fsp3) is 0.562. The molecule has 5 nitrogen and oxygen atoms in total. The van der Waals surface area contributed by atoms with Crippen molar-refractivity contribution in [3.63, 3.8) is 0 Å². The van der Waals surface area contributed by atoms with E-state index in [0.717, 1.165) is 18.4 Å². The molecule has 2 aliphatic heterocycles. The molecule has 23 heavy (non-hydrogen) atoms. The Hall–Kier alpha value is -1.27. The molecule has 1 aromatic rings. The third kappa shape index (κ3) is 2.94. The third-order valence-electron chi connectivity index (χ3n) is 4.66. The Morgan fingerprint density at radius 3 is 2.61 bits per heavy atom. The van der Waals surface area contributed by atoms with Crippen LogP contribution in [0.1, 0.15) is 25.3 Å². The minimum absolute atomic E-state index is 0.0253. The Morgan fingerprint density at radius 1 is 1.26 bits per heavy atom. The fourth-order valence-corrected chi connectivity index (χ4v) is 5.53. The number of unbranched alkanes of at least 4 members (excludes halogenated alkanes) is 1. The Kier molecular flexibility index (Phi) is 4.31. The van der Waals surface area contributed by atoms with Gasteiger partial charge in [0.15, 0.2) is 9.84 Å². The molecule has 0 radical (unpaired) electrons. The molecule has 2 saturated heterocycles. The van der Waals surface area contributed by atoms with Crippen LogP contribution >= 0.6 is 11.6 Å². The van der Waals surface area contributed by atoms with Crippen molar-refractivity contribution in [2.75, 3.05) is 23.0 Å². The first-order valence-corrected chi connectivity index (χ1v) is 10.1. The Morgan fingerprint density at radius 2 is 1.96 bits per heavy atom. The number of benzene rings is 1. The van der Waals surface area contributed by atoms with Gasteiger partial charge in [0.25, 0.3) is 0 Å². The van der Waals surface area contributed by atoms with Gasteiger partial charge in [-0.1, -0.05) is 31.0 Å². The standard InChI is InChI=1S/C16H21ClN2O3S/c1-3-4-7-18-14-9-23(21,22)10-15(14)19(16(18)20)12-6-5-11(2)13(17)8-12/h5-6,8,14-15H,3-4,7,9-10H2,1-2H3/t14-,15+/m1/s1. The number of sulfone groups is 1. The predicted molar refractivity (Wildman–Crippen MR) is 91.9 cm³/mol. The number of anilines is 1. The van der Waals surface area contributed by atoms with E-state index in [2.05, 4.69) is 6.92 Å². The van der Waals surface area contributed by atoms with Gasteiger partial charge in [0.2, 0.25) is 0 Å². The molecule has 0 spiro atoms. The number of aryl methyl sites for hydroxylation is 1. The van der Waals surface area contributed by atoms with E-state index in [1.807, 2.05) is 19.1 Å². The zero-order valence-corrected chi connectivity index (χ0v) is 14.9. The molecule has 2 amide bonds. The largest absolute Gasteiger partial charge is 0.325 e. The number of carbonyl (C=O) groups excluding carboxylic acids is 1. The van der Waals surface area contributed by atoms with Gasteiger partial charge in [-0.3, -0.25) is 4.90 Å². The number of hydrogen-bond acceptors (Lipinski definition) is 3.